The van der Waals surface area contributed by atoms with Crippen LogP contribution in [-0.4, -0.2) is 36.2 Å². The molecule has 0 saturated carbocycles. The van der Waals surface area contributed by atoms with Gasteiger partial charge in [0, 0.05) is 13.1 Å². The molecule has 2 N–H and O–H groups in total. The average Bonchev–Trinajstić information content (AvgIpc) is 2.86. The Hall–Kier alpha value is -1.21. The Kier molecular flexibility index (Phi) is 3.64. The number of benzene rings is 1. The molecule has 0 unspecified atom stereocenters. The standard InChI is InChI=1S/C13H14ClN3O2S/c1-13(5-15-6-13)19-4-10(18)17-11-8(14)2-3-9-12(11)16-7-20-9/h2-3,7,15H,4-6H2,1H3,(H,17,18). The molecule has 7 heteroatoms. The average molecular weight is 312 g/mol. The Balaban J connectivity index is 1.70. The van der Waals surface area contributed by atoms with Gasteiger partial charge < -0.3 is 15.4 Å². The van der Waals surface area contributed by atoms with Gasteiger partial charge in [0.1, 0.15) is 12.1 Å². The van der Waals surface area contributed by atoms with Crippen LogP contribution in [0.3, 0.4) is 0 Å². The lowest BCUT2D eigenvalue weighted by molar-refractivity contribution is -0.130. The van der Waals surface area contributed by atoms with Crippen molar-refractivity contribution in [3.63, 3.8) is 0 Å². The number of anilines is 1. The summed E-state index contributed by atoms with van der Waals surface area (Å²) in [6.07, 6.45) is 0. The van der Waals surface area contributed by atoms with E-state index in [2.05, 4.69) is 15.6 Å². The van der Waals surface area contributed by atoms with Crippen LogP contribution in [0, 0.1) is 0 Å². The zero-order valence-corrected chi connectivity index (χ0v) is 12.5. The van der Waals surface area contributed by atoms with Crippen LogP contribution in [0.5, 0.6) is 0 Å². The van der Waals surface area contributed by atoms with Gasteiger partial charge in [-0.05, 0) is 19.1 Å². The van der Waals surface area contributed by atoms with Crippen LogP contribution in [0.1, 0.15) is 6.92 Å². The van der Waals surface area contributed by atoms with Gasteiger partial charge in [-0.2, -0.15) is 0 Å². The molecule has 1 aromatic heterocycles. The van der Waals surface area contributed by atoms with Gasteiger partial charge >= 0.3 is 0 Å². The fourth-order valence-electron chi connectivity index (χ4n) is 2.02. The van der Waals surface area contributed by atoms with E-state index in [-0.39, 0.29) is 18.1 Å². The minimum Gasteiger partial charge on any atom is -0.363 e. The quantitative estimate of drug-likeness (QED) is 0.909. The first kappa shape index (κ1) is 13.8. The fraction of sp³-hybridized carbons (Fsp3) is 0.385. The number of carbonyl (C=O) groups is 1. The highest BCUT2D eigenvalue weighted by atomic mass is 35.5. The lowest BCUT2D eigenvalue weighted by Gasteiger charge is -2.38. The van der Waals surface area contributed by atoms with E-state index in [1.807, 2.05) is 13.0 Å². The molecule has 0 bridgehead atoms. The van der Waals surface area contributed by atoms with E-state index in [1.165, 1.54) is 11.3 Å². The monoisotopic (exact) mass is 311 g/mol. The Morgan fingerprint density at radius 3 is 3.10 bits per heavy atom. The number of carbonyl (C=O) groups excluding carboxylic acids is 1. The second kappa shape index (κ2) is 5.29. The fourth-order valence-corrected chi connectivity index (χ4v) is 2.90. The van der Waals surface area contributed by atoms with Gasteiger partial charge in [0.05, 0.1) is 26.5 Å². The lowest BCUT2D eigenvalue weighted by Crippen LogP contribution is -2.59. The van der Waals surface area contributed by atoms with Crippen LogP contribution in [0.2, 0.25) is 5.02 Å². The Morgan fingerprint density at radius 2 is 2.40 bits per heavy atom. The van der Waals surface area contributed by atoms with Crippen molar-refractivity contribution in [2.75, 3.05) is 25.0 Å². The summed E-state index contributed by atoms with van der Waals surface area (Å²) in [7, 11) is 0. The van der Waals surface area contributed by atoms with Crippen molar-refractivity contribution in [1.82, 2.24) is 10.3 Å². The van der Waals surface area contributed by atoms with Crippen LogP contribution in [0.15, 0.2) is 17.6 Å². The number of ether oxygens (including phenoxy) is 1. The van der Waals surface area contributed by atoms with Crippen molar-refractivity contribution in [2.45, 2.75) is 12.5 Å². The molecule has 2 heterocycles. The second-order valence-electron chi connectivity index (χ2n) is 5.01. The Labute approximate surface area is 125 Å². The van der Waals surface area contributed by atoms with E-state index in [1.54, 1.807) is 11.6 Å². The highest BCUT2D eigenvalue weighted by molar-refractivity contribution is 7.16. The van der Waals surface area contributed by atoms with Gasteiger partial charge in [-0.1, -0.05) is 11.6 Å². The summed E-state index contributed by atoms with van der Waals surface area (Å²) in [5.41, 5.74) is 2.76. The number of amides is 1. The summed E-state index contributed by atoms with van der Waals surface area (Å²) in [5.74, 6) is -0.222. The maximum Gasteiger partial charge on any atom is 0.250 e. The van der Waals surface area contributed by atoms with E-state index < -0.39 is 0 Å². The van der Waals surface area contributed by atoms with Crippen LogP contribution in [-0.2, 0) is 9.53 Å². The predicted molar refractivity (Wildman–Crippen MR) is 80.5 cm³/mol. The van der Waals surface area contributed by atoms with Crippen LogP contribution in [0.25, 0.3) is 10.2 Å². The molecule has 0 aliphatic carbocycles. The summed E-state index contributed by atoms with van der Waals surface area (Å²) < 4.78 is 6.58. The number of fused-ring (bicyclic) bond motifs is 1. The third-order valence-corrected chi connectivity index (χ3v) is 4.37. The van der Waals surface area contributed by atoms with Crippen LogP contribution >= 0.6 is 22.9 Å². The summed E-state index contributed by atoms with van der Waals surface area (Å²) >= 11 is 7.64. The molecule has 1 aliphatic heterocycles. The molecule has 3 rings (SSSR count). The number of hydrogen-bond donors (Lipinski definition) is 2. The molecule has 106 valence electrons. The second-order valence-corrected chi connectivity index (χ2v) is 6.31. The molecule has 1 saturated heterocycles. The van der Waals surface area contributed by atoms with Crippen molar-refractivity contribution < 1.29 is 9.53 Å². The first-order valence-corrected chi connectivity index (χ1v) is 7.49. The number of nitrogens with one attached hydrogen (secondary N) is 2. The molecule has 5 nitrogen and oxygen atoms in total. The van der Waals surface area contributed by atoms with Crippen molar-refractivity contribution in [1.29, 1.82) is 0 Å². The largest absolute Gasteiger partial charge is 0.363 e. The van der Waals surface area contributed by atoms with Crippen LogP contribution in [0.4, 0.5) is 5.69 Å². The molecule has 0 radical (unpaired) electrons. The smallest absolute Gasteiger partial charge is 0.250 e. The molecule has 1 aliphatic rings. The van der Waals surface area contributed by atoms with Crippen molar-refractivity contribution in [3.05, 3.63) is 22.7 Å². The number of aromatic nitrogens is 1. The summed E-state index contributed by atoms with van der Waals surface area (Å²) in [4.78, 5) is 16.2. The number of halogens is 1. The summed E-state index contributed by atoms with van der Waals surface area (Å²) in [5, 5.41) is 6.39. The third-order valence-electron chi connectivity index (χ3n) is 3.27. The predicted octanol–water partition coefficient (Wildman–Crippen LogP) is 2.27. The molecule has 0 atom stereocenters. The van der Waals surface area contributed by atoms with Gasteiger partial charge in [0.2, 0.25) is 5.91 Å². The molecular formula is C13H14ClN3O2S. The number of rotatable bonds is 4. The molecule has 2 aromatic rings. The van der Waals surface area contributed by atoms with Gasteiger partial charge in [-0.3, -0.25) is 4.79 Å². The first-order chi connectivity index (χ1) is 9.57. The number of thiazole rings is 1. The van der Waals surface area contributed by atoms with Gasteiger partial charge in [0.15, 0.2) is 0 Å². The summed E-state index contributed by atoms with van der Waals surface area (Å²) in [6.45, 7) is 3.52. The minimum atomic E-state index is -0.242. The lowest BCUT2D eigenvalue weighted by atomic mass is 10.0. The molecule has 20 heavy (non-hydrogen) atoms. The van der Waals surface area contributed by atoms with Gasteiger partial charge in [-0.15, -0.1) is 11.3 Å². The van der Waals surface area contributed by atoms with Crippen LogP contribution < -0.4 is 10.6 Å². The topological polar surface area (TPSA) is 63.2 Å². The van der Waals surface area contributed by atoms with E-state index >= 15 is 0 Å². The van der Waals surface area contributed by atoms with E-state index in [0.29, 0.717) is 16.2 Å². The maximum absolute atomic E-state index is 12.0. The normalized spacial score (nSPS) is 16.9. The summed E-state index contributed by atoms with van der Waals surface area (Å²) in [6, 6.07) is 3.65. The zero-order valence-electron chi connectivity index (χ0n) is 10.9. The highest BCUT2D eigenvalue weighted by Gasteiger charge is 2.33. The highest BCUT2D eigenvalue weighted by Crippen LogP contribution is 2.32. The SMILES string of the molecule is CC1(OCC(=O)Nc2c(Cl)ccc3scnc23)CNC1. The van der Waals surface area contributed by atoms with Crippen molar-refractivity contribution >= 4 is 44.7 Å². The molecule has 1 aromatic carbocycles. The third kappa shape index (κ3) is 2.64. The number of hydrogen-bond acceptors (Lipinski definition) is 5. The minimum absolute atomic E-state index is 0.00896. The Morgan fingerprint density at radius 1 is 1.60 bits per heavy atom. The maximum atomic E-state index is 12.0. The number of nitrogens with zero attached hydrogens (tertiary/aromatic N) is 1. The molecular weight excluding hydrogens is 298 g/mol. The molecule has 1 amide bonds. The van der Waals surface area contributed by atoms with E-state index in [9.17, 15) is 4.79 Å². The van der Waals surface area contributed by atoms with Gasteiger partial charge in [0.25, 0.3) is 0 Å². The Bertz CT molecular complexity index is 654. The van der Waals surface area contributed by atoms with Gasteiger partial charge in [-0.25, -0.2) is 4.98 Å². The van der Waals surface area contributed by atoms with Crippen molar-refractivity contribution in [2.24, 2.45) is 0 Å². The molecule has 0 spiro atoms. The molecule has 1 fully saturated rings. The first-order valence-electron chi connectivity index (χ1n) is 6.24. The zero-order chi connectivity index (χ0) is 14.2. The van der Waals surface area contributed by atoms with E-state index in [4.69, 9.17) is 16.3 Å². The van der Waals surface area contributed by atoms with E-state index in [0.717, 1.165) is 17.8 Å². The van der Waals surface area contributed by atoms with Crippen molar-refractivity contribution in [3.8, 4) is 0 Å².